The second kappa shape index (κ2) is 43.7. The van der Waals surface area contributed by atoms with E-state index in [1.807, 2.05) is 59.3 Å². The summed E-state index contributed by atoms with van der Waals surface area (Å²) in [5.74, 6) is 5.80. The first-order valence-corrected chi connectivity index (χ1v) is 44.1. The van der Waals surface area contributed by atoms with E-state index in [1.165, 1.54) is 183 Å². The van der Waals surface area contributed by atoms with E-state index in [0.717, 1.165) is 108 Å². The maximum Gasteiger partial charge on any atom is 0.171 e. The topological polar surface area (TPSA) is 143 Å². The standard InChI is InChI=1S/C39H44N3.C34H30N3O.C34H34N3.C5H8O2.3Ir/c1-9-10-11-12-14-32-22-30(7)37(31(8)23-32)42-39(40-38(41-42)35-20-25(2)17-26(3)21-35)34-16-13-15-33(24-34)36-28(5)18-27(4)19-29(36)6;1-22-19-27(24-11-5-3-6-12-24)20-23(2)32(22)37-34(25-13-7-4-8-14-25)35-33(36-37)26-17-18-31-29(21-26)28-15-9-10-16-30(28)38-31;1-22(2)30-20-28(26-13-9-7-10-14-26)21-31(23(3)4)32(30)37-34(27-15-11-8-12-16-27)35-33(36-37)29-18-24(5)17-25(6)19-29;1-4(6)3-5(2)7;;;/h13,15,17-24H,9-12,14H2,1-8H3;4,7-10,13-16,18-21,24H,3,5-6,11-12H2,1-2H3;7-15,17-23H,1-6H3;3,6H,1-2H3;;;/q3*-1;;;;. The Bertz CT molecular complexity index is 6400. The van der Waals surface area contributed by atoms with E-state index in [4.69, 9.17) is 39.8 Å². The number of para-hydroxylation sites is 1. The van der Waals surface area contributed by atoms with Crippen LogP contribution in [0.2, 0.25) is 0 Å². The second-order valence-electron chi connectivity index (χ2n) is 34.7. The van der Waals surface area contributed by atoms with E-state index in [0.29, 0.717) is 23.6 Å². The maximum absolute atomic E-state index is 10.0. The number of carbonyl (C=O) groups excluding carboxylic acids is 1. The minimum atomic E-state index is -0.125. The molecule has 17 rings (SSSR count). The Morgan fingerprint density at radius 2 is 0.929 bits per heavy atom. The van der Waals surface area contributed by atoms with Crippen LogP contribution in [0.5, 0.6) is 0 Å². The van der Waals surface area contributed by atoms with Crippen LogP contribution < -0.4 is 0 Å². The fourth-order valence-electron chi connectivity index (χ4n) is 18.0. The van der Waals surface area contributed by atoms with Crippen molar-refractivity contribution in [3.8, 4) is 108 Å². The smallest absolute Gasteiger partial charge is 0.171 e. The number of unbranched alkanes of at least 4 members (excludes halogenated alkanes) is 3. The average Bonchev–Trinajstić information content (AvgIpc) is 1.73. The van der Waals surface area contributed by atoms with Gasteiger partial charge in [-0.25, -0.2) is 4.68 Å². The van der Waals surface area contributed by atoms with Crippen molar-refractivity contribution in [2.24, 2.45) is 0 Å². The molecular formula is C112H116Ir3N9O3-3. The van der Waals surface area contributed by atoms with Gasteiger partial charge in [0.2, 0.25) is 0 Å². The Morgan fingerprint density at radius 1 is 0.433 bits per heavy atom. The number of hydrogen-bond acceptors (Lipinski definition) is 9. The van der Waals surface area contributed by atoms with E-state index in [9.17, 15) is 4.79 Å². The Balaban J connectivity index is 0.000000176. The molecule has 0 unspecified atom stereocenters. The molecule has 0 amide bonds. The molecule has 4 aromatic heterocycles. The number of aliphatic hydroxyl groups is 1. The first kappa shape index (κ1) is 96.6. The molecule has 0 aliphatic heterocycles. The van der Waals surface area contributed by atoms with Crippen LogP contribution in [-0.2, 0) is 71.5 Å². The number of fused-ring (bicyclic) bond motifs is 3. The summed E-state index contributed by atoms with van der Waals surface area (Å²) in [4.78, 5) is 25.4. The predicted molar refractivity (Wildman–Crippen MR) is 512 cm³/mol. The summed E-state index contributed by atoms with van der Waals surface area (Å²) in [6.45, 7) is 38.0. The van der Waals surface area contributed by atoms with Gasteiger partial charge in [0.25, 0.3) is 0 Å². The third-order valence-corrected chi connectivity index (χ3v) is 23.3. The zero-order valence-electron chi connectivity index (χ0n) is 76.5. The molecule has 1 aliphatic carbocycles. The summed E-state index contributed by atoms with van der Waals surface area (Å²) in [6, 6.07) is 89.5. The van der Waals surface area contributed by atoms with Crippen molar-refractivity contribution in [1.29, 1.82) is 0 Å². The summed E-state index contributed by atoms with van der Waals surface area (Å²) >= 11 is 0. The third kappa shape index (κ3) is 22.9. The maximum atomic E-state index is 10.0. The van der Waals surface area contributed by atoms with Crippen molar-refractivity contribution < 1.29 is 74.6 Å². The molecule has 0 saturated heterocycles. The number of carbonyl (C=O) groups is 1. The first-order chi connectivity index (χ1) is 59.7. The van der Waals surface area contributed by atoms with Gasteiger partial charge in [-0.2, -0.15) is 15.3 Å². The molecule has 1 N–H and O–H groups in total. The molecule has 1 saturated carbocycles. The fourth-order valence-corrected chi connectivity index (χ4v) is 18.0. The Hall–Kier alpha value is -11.0. The van der Waals surface area contributed by atoms with Crippen LogP contribution >= 0.6 is 0 Å². The van der Waals surface area contributed by atoms with E-state index in [2.05, 4.69) is 308 Å². The monoisotopic (exact) mass is 2210 g/mol. The van der Waals surface area contributed by atoms with Crippen molar-refractivity contribution in [1.82, 2.24) is 44.3 Å². The Labute approximate surface area is 792 Å². The number of hydrogen-bond donors (Lipinski definition) is 1. The molecule has 0 bridgehead atoms. The second-order valence-corrected chi connectivity index (χ2v) is 34.7. The van der Waals surface area contributed by atoms with Crippen molar-refractivity contribution in [2.75, 3.05) is 0 Å². The zero-order valence-corrected chi connectivity index (χ0v) is 83.7. The average molecular weight is 2210 g/mol. The van der Waals surface area contributed by atoms with Gasteiger partial charge in [-0.15, -0.1) is 95.1 Å². The summed E-state index contributed by atoms with van der Waals surface area (Å²) in [6.07, 6.45) is 14.0. The van der Waals surface area contributed by atoms with E-state index in [-0.39, 0.29) is 71.9 Å². The van der Waals surface area contributed by atoms with E-state index < -0.39 is 0 Å². The van der Waals surface area contributed by atoms with Crippen molar-refractivity contribution in [3.63, 3.8) is 0 Å². The van der Waals surface area contributed by atoms with Crippen LogP contribution in [0, 0.1) is 94.4 Å². The largest absolute Gasteiger partial charge is 0.512 e. The van der Waals surface area contributed by atoms with Gasteiger partial charge in [0, 0.05) is 88.5 Å². The Morgan fingerprint density at radius 3 is 1.46 bits per heavy atom. The quantitative estimate of drug-likeness (QED) is 0.0341. The number of allylic oxidation sites excluding steroid dienone is 2. The normalized spacial score (nSPS) is 12.0. The van der Waals surface area contributed by atoms with Gasteiger partial charge < -0.3 is 9.52 Å². The summed E-state index contributed by atoms with van der Waals surface area (Å²) < 4.78 is 12.2. The minimum Gasteiger partial charge on any atom is -0.512 e. The summed E-state index contributed by atoms with van der Waals surface area (Å²) in [5, 5.41) is 26.0. The van der Waals surface area contributed by atoms with Gasteiger partial charge in [-0.05, 0) is 248 Å². The molecule has 0 atom stereocenters. The molecule has 15 heteroatoms. The van der Waals surface area contributed by atoms with Crippen molar-refractivity contribution in [3.05, 3.63) is 338 Å². The number of rotatable bonds is 20. The van der Waals surface area contributed by atoms with E-state index in [1.54, 1.807) is 0 Å². The van der Waals surface area contributed by atoms with Gasteiger partial charge in [-0.3, -0.25) is 29.1 Å². The van der Waals surface area contributed by atoms with Crippen LogP contribution in [-0.4, -0.2) is 55.2 Å². The summed E-state index contributed by atoms with van der Waals surface area (Å²) in [5.41, 5.74) is 34.8. The third-order valence-electron chi connectivity index (χ3n) is 23.3. The molecule has 16 aromatic rings. The molecule has 4 heterocycles. The van der Waals surface area contributed by atoms with Crippen LogP contribution in [0.3, 0.4) is 0 Å². The van der Waals surface area contributed by atoms with Gasteiger partial charge in [0.15, 0.2) is 23.3 Å². The number of aryl methyl sites for hydroxylation is 12. The van der Waals surface area contributed by atoms with Crippen molar-refractivity contribution >= 4 is 27.7 Å². The number of furan rings is 1. The molecule has 12 aromatic carbocycles. The number of nitrogens with zero attached hydrogens (tertiary/aromatic N) is 9. The predicted octanol–water partition coefficient (Wildman–Crippen LogP) is 29.3. The zero-order chi connectivity index (χ0) is 87.6. The molecule has 1 fully saturated rings. The summed E-state index contributed by atoms with van der Waals surface area (Å²) in [7, 11) is 0. The molecule has 657 valence electrons. The molecule has 127 heavy (non-hydrogen) atoms. The SMILES string of the molecule is CC(=O)C=C(C)O.CCCCCCc1cc(C)c(-n2nc(-c3cc(C)cc(C)c3)nc2-c2[c-]ccc(-c3c(C)cc(C)cc3C)c2)c(C)c1.Cc1cc(C)cc(-c2nc(-c3[c-]cccc3)n(-c3c(C(C)C)cc(-c4ccccc4)cc3C(C)C)n2)c1.Cc1cc(C2CCCCC2)cc(C)c1-n1nc(-c2[c-]cc3oc4ccccc4c3c2)nc1-c1ccccc1.[Ir].[Ir].[Ir]. The van der Waals surface area contributed by atoms with Gasteiger partial charge in [0.05, 0.1) is 45.9 Å². The first-order valence-electron chi connectivity index (χ1n) is 44.1. The number of aromatic nitrogens is 9. The number of ketones is 1. The van der Waals surface area contributed by atoms with Crippen LogP contribution in [0.15, 0.2) is 241 Å². The minimum absolute atomic E-state index is 0. The number of aliphatic hydroxyl groups excluding tert-OH is 1. The Kier molecular flexibility index (Phi) is 33.2. The van der Waals surface area contributed by atoms with Gasteiger partial charge in [0.1, 0.15) is 5.58 Å². The van der Waals surface area contributed by atoms with Crippen molar-refractivity contribution in [2.45, 2.75) is 207 Å². The fraction of sp³-hybridized carbons (Fsp3) is 0.277. The van der Waals surface area contributed by atoms with E-state index >= 15 is 0 Å². The number of benzene rings is 12. The molecular weight excluding hydrogens is 2100 g/mol. The molecule has 12 nitrogen and oxygen atoms in total. The molecule has 0 spiro atoms. The molecule has 1 aliphatic rings. The van der Waals surface area contributed by atoms with Gasteiger partial charge in [-0.1, -0.05) is 234 Å². The van der Waals surface area contributed by atoms with Crippen LogP contribution in [0.1, 0.15) is 207 Å². The van der Waals surface area contributed by atoms with Crippen LogP contribution in [0.25, 0.3) is 130 Å². The molecule has 3 radical (unpaired) electrons. The van der Waals surface area contributed by atoms with Crippen LogP contribution in [0.4, 0.5) is 0 Å². The van der Waals surface area contributed by atoms with Gasteiger partial charge >= 0.3 is 0 Å².